The van der Waals surface area contributed by atoms with Crippen LogP contribution in [0.15, 0.2) is 0 Å². The second-order valence-corrected chi connectivity index (χ2v) is 5.76. The van der Waals surface area contributed by atoms with Crippen LogP contribution in [-0.2, 0) is 6.42 Å². The highest BCUT2D eigenvalue weighted by atomic mass is 16.2. The first-order chi connectivity index (χ1) is 9.02. The zero-order valence-electron chi connectivity index (χ0n) is 12.0. The maximum absolute atomic E-state index is 12.2. The molecule has 0 aromatic carbocycles. The molecular formula is C14H24N4O. The molecular weight excluding hydrogens is 240 g/mol. The van der Waals surface area contributed by atoms with Crippen molar-refractivity contribution in [2.24, 2.45) is 11.8 Å². The number of nitrogens with zero attached hydrogens (tertiary/aromatic N) is 1. The van der Waals surface area contributed by atoms with E-state index in [-0.39, 0.29) is 11.9 Å². The molecule has 1 aliphatic carbocycles. The molecule has 1 aliphatic rings. The number of anilines is 1. The zero-order chi connectivity index (χ0) is 14.0. The lowest BCUT2D eigenvalue weighted by Crippen LogP contribution is -2.40. The van der Waals surface area contributed by atoms with Gasteiger partial charge in [-0.15, -0.1) is 0 Å². The van der Waals surface area contributed by atoms with E-state index in [2.05, 4.69) is 29.4 Å². The summed E-state index contributed by atoms with van der Waals surface area (Å²) in [5.41, 5.74) is 7.56. The van der Waals surface area contributed by atoms with E-state index in [1.54, 1.807) is 0 Å². The summed E-state index contributed by atoms with van der Waals surface area (Å²) < 4.78 is 0. The Kier molecular flexibility index (Phi) is 4.12. The number of nitrogens with one attached hydrogen (secondary N) is 2. The molecule has 2 rings (SSSR count). The van der Waals surface area contributed by atoms with Gasteiger partial charge in [0.1, 0.15) is 0 Å². The molecule has 1 aromatic heterocycles. The normalized spacial score (nSPS) is 27.2. The van der Waals surface area contributed by atoms with Crippen molar-refractivity contribution in [3.8, 4) is 0 Å². The van der Waals surface area contributed by atoms with Crippen LogP contribution in [0.25, 0.3) is 0 Å². The first kappa shape index (κ1) is 13.9. The Morgan fingerprint density at radius 1 is 1.42 bits per heavy atom. The molecule has 3 atom stereocenters. The predicted octanol–water partition coefficient (Wildman–Crippen LogP) is 2.11. The van der Waals surface area contributed by atoms with E-state index in [1.807, 2.05) is 6.92 Å². The summed E-state index contributed by atoms with van der Waals surface area (Å²) in [4.78, 5) is 12.2. The summed E-state index contributed by atoms with van der Waals surface area (Å²) in [5.74, 6) is 1.25. The van der Waals surface area contributed by atoms with Crippen molar-refractivity contribution in [3.63, 3.8) is 0 Å². The summed E-state index contributed by atoms with van der Waals surface area (Å²) in [5, 5.41) is 9.91. The number of rotatable bonds is 3. The fraction of sp³-hybridized carbons (Fsp3) is 0.714. The maximum Gasteiger partial charge on any atom is 0.274 e. The third kappa shape index (κ3) is 2.91. The standard InChI is InChI=1S/C14H24N4O/c1-4-11-12(15)13(18-17-11)14(19)16-10-6-5-8(2)9(3)7-10/h8-10H,4-7,15H2,1-3H3,(H,16,19)(H,17,18). The zero-order valence-corrected chi connectivity index (χ0v) is 12.0. The number of aryl methyl sites for hydroxylation is 1. The van der Waals surface area contributed by atoms with Crippen molar-refractivity contribution in [3.05, 3.63) is 11.4 Å². The van der Waals surface area contributed by atoms with E-state index in [1.165, 1.54) is 6.42 Å². The lowest BCUT2D eigenvalue weighted by molar-refractivity contribution is 0.0906. The first-order valence-corrected chi connectivity index (χ1v) is 7.16. The van der Waals surface area contributed by atoms with Crippen LogP contribution in [0, 0.1) is 11.8 Å². The molecule has 0 aliphatic heterocycles. The van der Waals surface area contributed by atoms with Gasteiger partial charge < -0.3 is 11.1 Å². The molecule has 0 bridgehead atoms. The molecule has 106 valence electrons. The average Bonchev–Trinajstić information content (AvgIpc) is 2.75. The molecule has 1 heterocycles. The molecule has 1 amide bonds. The first-order valence-electron chi connectivity index (χ1n) is 7.16. The summed E-state index contributed by atoms with van der Waals surface area (Å²) in [6.45, 7) is 6.51. The number of carbonyl (C=O) groups is 1. The molecule has 1 saturated carbocycles. The minimum atomic E-state index is -0.153. The second kappa shape index (κ2) is 5.63. The number of nitrogens with two attached hydrogens (primary N) is 1. The molecule has 3 unspecified atom stereocenters. The number of H-pyrrole nitrogens is 1. The van der Waals surface area contributed by atoms with Crippen molar-refractivity contribution in [1.29, 1.82) is 0 Å². The molecule has 1 fully saturated rings. The number of nitrogen functional groups attached to an aromatic ring is 1. The topological polar surface area (TPSA) is 83.8 Å². The van der Waals surface area contributed by atoms with Gasteiger partial charge in [-0.3, -0.25) is 9.89 Å². The Morgan fingerprint density at radius 3 is 2.74 bits per heavy atom. The summed E-state index contributed by atoms with van der Waals surface area (Å²) >= 11 is 0. The van der Waals surface area contributed by atoms with Crippen LogP contribution in [0.3, 0.4) is 0 Å². The molecule has 19 heavy (non-hydrogen) atoms. The highest BCUT2D eigenvalue weighted by Crippen LogP contribution is 2.29. The van der Waals surface area contributed by atoms with Crippen molar-refractivity contribution in [1.82, 2.24) is 15.5 Å². The number of aromatic nitrogens is 2. The van der Waals surface area contributed by atoms with E-state index in [9.17, 15) is 4.79 Å². The van der Waals surface area contributed by atoms with Crippen LogP contribution in [0.1, 0.15) is 56.2 Å². The smallest absolute Gasteiger partial charge is 0.274 e. The van der Waals surface area contributed by atoms with Crippen LogP contribution in [0.4, 0.5) is 5.69 Å². The van der Waals surface area contributed by atoms with Gasteiger partial charge in [-0.25, -0.2) is 0 Å². The molecule has 0 spiro atoms. The van der Waals surface area contributed by atoms with Gasteiger partial charge in [0.25, 0.3) is 5.91 Å². The Morgan fingerprint density at radius 2 is 2.16 bits per heavy atom. The van der Waals surface area contributed by atoms with Crippen molar-refractivity contribution in [2.75, 3.05) is 5.73 Å². The summed E-state index contributed by atoms with van der Waals surface area (Å²) in [7, 11) is 0. The molecule has 4 N–H and O–H groups in total. The Balaban J connectivity index is 1.99. The Bertz CT molecular complexity index is 454. The van der Waals surface area contributed by atoms with E-state index < -0.39 is 0 Å². The largest absolute Gasteiger partial charge is 0.395 e. The highest BCUT2D eigenvalue weighted by Gasteiger charge is 2.27. The van der Waals surface area contributed by atoms with Gasteiger partial charge in [0.05, 0.1) is 11.4 Å². The quantitative estimate of drug-likeness (QED) is 0.781. The van der Waals surface area contributed by atoms with Crippen LogP contribution < -0.4 is 11.1 Å². The molecule has 0 saturated heterocycles. The van der Waals surface area contributed by atoms with Gasteiger partial charge in [-0.1, -0.05) is 20.8 Å². The van der Waals surface area contributed by atoms with Crippen LogP contribution in [0.2, 0.25) is 0 Å². The second-order valence-electron chi connectivity index (χ2n) is 5.76. The fourth-order valence-corrected chi connectivity index (χ4v) is 2.76. The minimum absolute atomic E-state index is 0.153. The molecule has 5 heteroatoms. The fourth-order valence-electron chi connectivity index (χ4n) is 2.76. The number of amides is 1. The highest BCUT2D eigenvalue weighted by molar-refractivity contribution is 5.97. The third-order valence-electron chi connectivity index (χ3n) is 4.38. The van der Waals surface area contributed by atoms with E-state index in [0.29, 0.717) is 17.3 Å². The van der Waals surface area contributed by atoms with Crippen molar-refractivity contribution >= 4 is 11.6 Å². The molecule has 1 aromatic rings. The van der Waals surface area contributed by atoms with Gasteiger partial charge in [0.2, 0.25) is 0 Å². The monoisotopic (exact) mass is 264 g/mol. The Labute approximate surface area is 114 Å². The van der Waals surface area contributed by atoms with Crippen molar-refractivity contribution in [2.45, 2.75) is 52.5 Å². The SMILES string of the molecule is CCc1[nH]nc(C(=O)NC2CCC(C)C(C)C2)c1N. The van der Waals surface area contributed by atoms with E-state index in [0.717, 1.165) is 30.9 Å². The summed E-state index contributed by atoms with van der Waals surface area (Å²) in [6.07, 6.45) is 4.01. The maximum atomic E-state index is 12.2. The van der Waals surface area contributed by atoms with Gasteiger partial charge in [0.15, 0.2) is 5.69 Å². The third-order valence-corrected chi connectivity index (χ3v) is 4.38. The number of carbonyl (C=O) groups excluding carboxylic acids is 1. The number of hydrogen-bond donors (Lipinski definition) is 3. The lowest BCUT2D eigenvalue weighted by atomic mass is 9.79. The number of hydrogen-bond acceptors (Lipinski definition) is 3. The number of aromatic amines is 1. The van der Waals surface area contributed by atoms with Gasteiger partial charge >= 0.3 is 0 Å². The summed E-state index contributed by atoms with van der Waals surface area (Å²) in [6, 6.07) is 0.250. The lowest BCUT2D eigenvalue weighted by Gasteiger charge is -2.32. The molecule has 0 radical (unpaired) electrons. The van der Waals surface area contributed by atoms with Crippen LogP contribution in [0.5, 0.6) is 0 Å². The van der Waals surface area contributed by atoms with Gasteiger partial charge in [0, 0.05) is 6.04 Å². The van der Waals surface area contributed by atoms with Crippen molar-refractivity contribution < 1.29 is 4.79 Å². The predicted molar refractivity (Wildman–Crippen MR) is 75.8 cm³/mol. The molecule has 5 nitrogen and oxygen atoms in total. The minimum Gasteiger partial charge on any atom is -0.395 e. The average molecular weight is 264 g/mol. The van der Waals surface area contributed by atoms with Crippen LogP contribution >= 0.6 is 0 Å². The van der Waals surface area contributed by atoms with Crippen LogP contribution in [-0.4, -0.2) is 22.1 Å². The van der Waals surface area contributed by atoms with E-state index >= 15 is 0 Å². The van der Waals surface area contributed by atoms with E-state index in [4.69, 9.17) is 5.73 Å². The Hall–Kier alpha value is -1.52. The van der Waals surface area contributed by atoms with Gasteiger partial charge in [-0.2, -0.15) is 5.10 Å². The van der Waals surface area contributed by atoms with Gasteiger partial charge in [-0.05, 0) is 37.5 Å².